The van der Waals surface area contributed by atoms with Gasteiger partial charge in [0.1, 0.15) is 17.2 Å². The SMILES string of the molecule is COC(=O)c1c(NC(=O)Cn2nccc2C(=O)O)sc(C(=O)N(C)C)c1C. The predicted octanol–water partition coefficient (Wildman–Crippen LogP) is 1.08. The van der Waals surface area contributed by atoms with Gasteiger partial charge in [-0.25, -0.2) is 14.3 Å². The number of amides is 2. The van der Waals surface area contributed by atoms with E-state index in [0.29, 0.717) is 10.4 Å². The minimum atomic E-state index is -1.22. The van der Waals surface area contributed by atoms with Crippen LogP contribution in [0.5, 0.6) is 0 Å². The third-order valence-electron chi connectivity index (χ3n) is 3.62. The maximum Gasteiger partial charge on any atom is 0.354 e. The van der Waals surface area contributed by atoms with E-state index in [-0.39, 0.29) is 28.7 Å². The highest BCUT2D eigenvalue weighted by Crippen LogP contribution is 2.34. The van der Waals surface area contributed by atoms with Crippen molar-refractivity contribution < 1.29 is 29.0 Å². The molecule has 0 unspecified atom stereocenters. The molecule has 0 atom stereocenters. The zero-order valence-corrected chi connectivity index (χ0v) is 15.9. The molecule has 0 bridgehead atoms. The third kappa shape index (κ3) is 4.14. The fourth-order valence-corrected chi connectivity index (χ4v) is 3.53. The van der Waals surface area contributed by atoms with Crippen molar-refractivity contribution in [1.29, 1.82) is 0 Å². The fourth-order valence-electron chi connectivity index (χ4n) is 2.30. The molecular weight excluding hydrogens is 376 g/mol. The van der Waals surface area contributed by atoms with E-state index in [1.165, 1.54) is 24.3 Å². The lowest BCUT2D eigenvalue weighted by molar-refractivity contribution is -0.116. The molecule has 2 N–H and O–H groups in total. The molecule has 0 saturated carbocycles. The Hall–Kier alpha value is -3.21. The predicted molar refractivity (Wildman–Crippen MR) is 96.2 cm³/mol. The van der Waals surface area contributed by atoms with Crippen LogP contribution in [-0.4, -0.2) is 64.7 Å². The summed E-state index contributed by atoms with van der Waals surface area (Å²) < 4.78 is 5.76. The minimum absolute atomic E-state index is 0.0833. The molecule has 2 amide bonds. The van der Waals surface area contributed by atoms with E-state index < -0.39 is 17.8 Å². The molecule has 11 heteroatoms. The number of carbonyl (C=O) groups excluding carboxylic acids is 3. The summed E-state index contributed by atoms with van der Waals surface area (Å²) in [6.45, 7) is 1.22. The van der Waals surface area contributed by atoms with Crippen molar-refractivity contribution in [3.05, 3.63) is 34.0 Å². The van der Waals surface area contributed by atoms with E-state index in [0.717, 1.165) is 16.0 Å². The first-order valence-electron chi connectivity index (χ1n) is 7.65. The number of hydrogen-bond donors (Lipinski definition) is 2. The van der Waals surface area contributed by atoms with Crippen LogP contribution < -0.4 is 5.32 Å². The van der Waals surface area contributed by atoms with Gasteiger partial charge in [0.15, 0.2) is 0 Å². The molecule has 0 aliphatic rings. The summed E-state index contributed by atoms with van der Waals surface area (Å²) in [7, 11) is 4.34. The average molecular weight is 394 g/mol. The van der Waals surface area contributed by atoms with Gasteiger partial charge in [-0.3, -0.25) is 9.59 Å². The van der Waals surface area contributed by atoms with Crippen molar-refractivity contribution in [2.24, 2.45) is 0 Å². The normalized spacial score (nSPS) is 10.4. The van der Waals surface area contributed by atoms with E-state index in [4.69, 9.17) is 9.84 Å². The first kappa shape index (κ1) is 20.1. The van der Waals surface area contributed by atoms with Gasteiger partial charge in [-0.2, -0.15) is 5.10 Å². The molecule has 2 aromatic heterocycles. The number of carbonyl (C=O) groups is 4. The number of ether oxygens (including phenoxy) is 1. The van der Waals surface area contributed by atoms with E-state index in [1.807, 2.05) is 0 Å². The van der Waals surface area contributed by atoms with Crippen LogP contribution in [0.25, 0.3) is 0 Å². The zero-order valence-electron chi connectivity index (χ0n) is 15.1. The van der Waals surface area contributed by atoms with Gasteiger partial charge in [0.05, 0.1) is 17.6 Å². The number of carboxylic acid groups (broad SMARTS) is 1. The Morgan fingerprint density at radius 2 is 2.00 bits per heavy atom. The second-order valence-corrected chi connectivity index (χ2v) is 6.70. The van der Waals surface area contributed by atoms with Crippen molar-refractivity contribution in [1.82, 2.24) is 14.7 Å². The molecule has 27 heavy (non-hydrogen) atoms. The van der Waals surface area contributed by atoms with Crippen molar-refractivity contribution in [2.45, 2.75) is 13.5 Å². The molecule has 0 aliphatic heterocycles. The topological polar surface area (TPSA) is 131 Å². The number of aromatic nitrogens is 2. The molecule has 0 spiro atoms. The quantitative estimate of drug-likeness (QED) is 0.701. The van der Waals surface area contributed by atoms with Gasteiger partial charge in [-0.15, -0.1) is 11.3 Å². The molecule has 0 radical (unpaired) electrons. The number of rotatable bonds is 6. The van der Waals surface area contributed by atoms with E-state index in [1.54, 1.807) is 21.0 Å². The van der Waals surface area contributed by atoms with Crippen LogP contribution in [-0.2, 0) is 16.1 Å². The molecule has 2 aromatic rings. The maximum absolute atomic E-state index is 12.3. The van der Waals surface area contributed by atoms with Crippen LogP contribution in [0.4, 0.5) is 5.00 Å². The molecular formula is C16H18N4O6S. The molecule has 10 nitrogen and oxygen atoms in total. The van der Waals surface area contributed by atoms with Crippen molar-refractivity contribution in [3.63, 3.8) is 0 Å². The highest BCUT2D eigenvalue weighted by molar-refractivity contribution is 7.18. The van der Waals surface area contributed by atoms with E-state index in [2.05, 4.69) is 10.4 Å². The third-order valence-corrected chi connectivity index (χ3v) is 4.81. The van der Waals surface area contributed by atoms with Crippen LogP contribution in [0.1, 0.15) is 36.1 Å². The summed E-state index contributed by atoms with van der Waals surface area (Å²) in [5, 5.41) is 15.5. The summed E-state index contributed by atoms with van der Waals surface area (Å²) >= 11 is 0.948. The number of hydrogen-bond acceptors (Lipinski definition) is 7. The fraction of sp³-hybridized carbons (Fsp3) is 0.312. The van der Waals surface area contributed by atoms with Gasteiger partial charge in [0.2, 0.25) is 5.91 Å². The Labute approximate surface area is 158 Å². The summed E-state index contributed by atoms with van der Waals surface area (Å²) in [6.07, 6.45) is 1.26. The standard InChI is InChI=1S/C16H18N4O6S/c1-8-11(16(25)26-4)13(27-12(8)14(22)19(2)3)18-10(21)7-20-9(15(23)24)5-6-17-20/h5-6H,7H2,1-4H3,(H,18,21)(H,23,24). The molecule has 0 saturated heterocycles. The van der Waals surface area contributed by atoms with Crippen LogP contribution in [0.2, 0.25) is 0 Å². The molecule has 0 aliphatic carbocycles. The largest absolute Gasteiger partial charge is 0.477 e. The zero-order chi connectivity index (χ0) is 20.3. The maximum atomic E-state index is 12.3. The Balaban J connectivity index is 2.34. The Bertz CT molecular complexity index is 914. The van der Waals surface area contributed by atoms with E-state index in [9.17, 15) is 19.2 Å². The van der Waals surface area contributed by atoms with Gasteiger partial charge in [0.25, 0.3) is 5.91 Å². The highest BCUT2D eigenvalue weighted by Gasteiger charge is 2.27. The Kier molecular flexibility index (Phi) is 5.95. The number of thiophene rings is 1. The lowest BCUT2D eigenvalue weighted by Crippen LogP contribution is -2.22. The minimum Gasteiger partial charge on any atom is -0.477 e. The van der Waals surface area contributed by atoms with Crippen LogP contribution in [0, 0.1) is 6.92 Å². The van der Waals surface area contributed by atoms with Crippen molar-refractivity contribution in [3.8, 4) is 0 Å². The number of aromatic carboxylic acids is 1. The molecule has 2 rings (SSSR count). The number of anilines is 1. The molecule has 0 aromatic carbocycles. The number of esters is 1. The lowest BCUT2D eigenvalue weighted by atomic mass is 10.1. The summed E-state index contributed by atoms with van der Waals surface area (Å²) in [5.41, 5.74) is 0.329. The van der Waals surface area contributed by atoms with Crippen molar-refractivity contribution >= 4 is 40.1 Å². The van der Waals surface area contributed by atoms with Gasteiger partial charge in [0, 0.05) is 20.3 Å². The lowest BCUT2D eigenvalue weighted by Gasteiger charge is -2.08. The smallest absolute Gasteiger partial charge is 0.354 e. The van der Waals surface area contributed by atoms with Crippen LogP contribution in [0.3, 0.4) is 0 Å². The van der Waals surface area contributed by atoms with Crippen LogP contribution >= 0.6 is 11.3 Å². The second kappa shape index (κ2) is 7.99. The van der Waals surface area contributed by atoms with Crippen molar-refractivity contribution in [2.75, 3.05) is 26.5 Å². The van der Waals surface area contributed by atoms with Gasteiger partial charge in [-0.1, -0.05) is 0 Å². The Morgan fingerprint density at radius 1 is 1.33 bits per heavy atom. The Morgan fingerprint density at radius 3 is 2.56 bits per heavy atom. The molecule has 2 heterocycles. The monoisotopic (exact) mass is 394 g/mol. The van der Waals surface area contributed by atoms with E-state index >= 15 is 0 Å². The highest BCUT2D eigenvalue weighted by atomic mass is 32.1. The van der Waals surface area contributed by atoms with Gasteiger partial charge >= 0.3 is 11.9 Å². The van der Waals surface area contributed by atoms with Gasteiger partial charge in [-0.05, 0) is 18.6 Å². The number of methoxy groups -OCH3 is 1. The second-order valence-electron chi connectivity index (χ2n) is 5.68. The summed E-state index contributed by atoms with van der Waals surface area (Å²) in [4.78, 5) is 49.5. The van der Waals surface area contributed by atoms with Gasteiger partial charge < -0.3 is 20.1 Å². The first-order valence-corrected chi connectivity index (χ1v) is 8.47. The van der Waals surface area contributed by atoms with Crippen LogP contribution in [0.15, 0.2) is 12.3 Å². The first-order chi connectivity index (χ1) is 12.7. The summed E-state index contributed by atoms with van der Waals surface area (Å²) in [6, 6.07) is 1.26. The number of carboxylic acids is 1. The molecule has 144 valence electrons. The molecule has 0 fully saturated rings. The average Bonchev–Trinajstić information content (AvgIpc) is 3.18. The summed E-state index contributed by atoms with van der Waals surface area (Å²) in [5.74, 6) is -2.83. The number of nitrogens with one attached hydrogen (secondary N) is 1. The number of nitrogens with zero attached hydrogens (tertiary/aromatic N) is 3.